The second kappa shape index (κ2) is 11.6. The first-order chi connectivity index (χ1) is 15.9. The number of hydrogen-bond donors (Lipinski definition) is 3. The molecule has 0 bridgehead atoms. The number of halogens is 1. The number of para-hydroxylation sites is 1. The van der Waals surface area contributed by atoms with Gasteiger partial charge in [0.15, 0.2) is 0 Å². The first kappa shape index (κ1) is 24.4. The molecule has 176 valence electrons. The van der Waals surface area contributed by atoms with E-state index < -0.39 is 6.04 Å². The number of carbonyl (C=O) groups excluding carboxylic acids is 3. The van der Waals surface area contributed by atoms with E-state index in [9.17, 15) is 14.4 Å². The van der Waals surface area contributed by atoms with Crippen LogP contribution in [0.25, 0.3) is 0 Å². The molecular weight excluding hydrogens is 444 g/mol. The highest BCUT2D eigenvalue weighted by molar-refractivity contribution is 6.30. The molecule has 9 heteroatoms. The maximum Gasteiger partial charge on any atom is 0.321 e. The average molecular weight is 473 g/mol. The second-order valence-corrected chi connectivity index (χ2v) is 8.42. The number of benzene rings is 2. The molecule has 33 heavy (non-hydrogen) atoms. The van der Waals surface area contributed by atoms with Gasteiger partial charge in [-0.25, -0.2) is 4.79 Å². The second-order valence-electron chi connectivity index (χ2n) is 7.98. The Morgan fingerprint density at radius 3 is 2.52 bits per heavy atom. The maximum absolute atomic E-state index is 13.0. The van der Waals surface area contributed by atoms with Gasteiger partial charge in [0.05, 0.1) is 7.11 Å². The fourth-order valence-corrected chi connectivity index (χ4v) is 4.03. The topological polar surface area (TPSA) is 99.8 Å². The molecule has 0 saturated carbocycles. The Labute approximate surface area is 198 Å². The molecule has 0 unspecified atom stereocenters. The van der Waals surface area contributed by atoms with E-state index in [1.165, 1.54) is 6.92 Å². The summed E-state index contributed by atoms with van der Waals surface area (Å²) >= 11 is 5.97. The number of anilines is 1. The van der Waals surface area contributed by atoms with Gasteiger partial charge in [0.2, 0.25) is 11.8 Å². The van der Waals surface area contributed by atoms with Crippen LogP contribution in [-0.4, -0.2) is 55.0 Å². The normalized spacial score (nSPS) is 14.8. The third-order valence-electron chi connectivity index (χ3n) is 5.51. The number of carbonyl (C=O) groups is 3. The van der Waals surface area contributed by atoms with Gasteiger partial charge in [-0.05, 0) is 42.7 Å². The zero-order valence-electron chi connectivity index (χ0n) is 18.8. The van der Waals surface area contributed by atoms with E-state index in [4.69, 9.17) is 16.3 Å². The van der Waals surface area contributed by atoms with Gasteiger partial charge in [-0.2, -0.15) is 0 Å². The van der Waals surface area contributed by atoms with Crippen molar-refractivity contribution in [2.24, 2.45) is 0 Å². The van der Waals surface area contributed by atoms with Crippen molar-refractivity contribution >= 4 is 35.1 Å². The van der Waals surface area contributed by atoms with Gasteiger partial charge in [-0.1, -0.05) is 35.9 Å². The third-order valence-corrected chi connectivity index (χ3v) is 5.75. The lowest BCUT2D eigenvalue weighted by Crippen LogP contribution is -2.53. The molecule has 3 rings (SSSR count). The van der Waals surface area contributed by atoms with Crippen molar-refractivity contribution in [3.63, 3.8) is 0 Å². The van der Waals surface area contributed by atoms with Crippen molar-refractivity contribution in [3.05, 3.63) is 59.1 Å². The van der Waals surface area contributed by atoms with Crippen molar-refractivity contribution in [2.75, 3.05) is 25.5 Å². The summed E-state index contributed by atoms with van der Waals surface area (Å²) in [5.74, 6) is 0.134. The summed E-state index contributed by atoms with van der Waals surface area (Å²) in [4.78, 5) is 38.9. The number of nitrogens with zero attached hydrogens (tertiary/aromatic N) is 1. The van der Waals surface area contributed by atoms with Crippen LogP contribution >= 0.6 is 11.6 Å². The number of hydrogen-bond acceptors (Lipinski definition) is 4. The van der Waals surface area contributed by atoms with Crippen molar-refractivity contribution in [3.8, 4) is 5.75 Å². The fourth-order valence-electron chi connectivity index (χ4n) is 3.84. The number of piperidine rings is 1. The van der Waals surface area contributed by atoms with Gasteiger partial charge >= 0.3 is 6.03 Å². The summed E-state index contributed by atoms with van der Waals surface area (Å²) in [6, 6.07) is 13.4. The summed E-state index contributed by atoms with van der Waals surface area (Å²) in [5, 5.41) is 9.16. The highest BCUT2D eigenvalue weighted by Crippen LogP contribution is 2.20. The Hall–Kier alpha value is -3.26. The molecule has 1 fully saturated rings. The van der Waals surface area contributed by atoms with Crippen molar-refractivity contribution < 1.29 is 19.1 Å². The number of ether oxygens (including phenoxy) is 1. The van der Waals surface area contributed by atoms with E-state index in [-0.39, 0.29) is 23.9 Å². The highest BCUT2D eigenvalue weighted by atomic mass is 35.5. The van der Waals surface area contributed by atoms with Crippen LogP contribution < -0.4 is 20.7 Å². The number of rotatable bonds is 7. The Morgan fingerprint density at radius 1 is 1.12 bits per heavy atom. The average Bonchev–Trinajstić information content (AvgIpc) is 2.79. The summed E-state index contributed by atoms with van der Waals surface area (Å²) in [6.07, 6.45) is 1.56. The monoisotopic (exact) mass is 472 g/mol. The van der Waals surface area contributed by atoms with E-state index in [1.54, 1.807) is 36.3 Å². The van der Waals surface area contributed by atoms with Crippen molar-refractivity contribution in [1.82, 2.24) is 15.5 Å². The molecule has 4 amide bonds. The summed E-state index contributed by atoms with van der Waals surface area (Å²) in [5.41, 5.74) is 1.47. The van der Waals surface area contributed by atoms with Crippen LogP contribution in [0, 0.1) is 0 Å². The Morgan fingerprint density at radius 2 is 1.85 bits per heavy atom. The van der Waals surface area contributed by atoms with Gasteiger partial charge in [0, 0.05) is 43.2 Å². The largest absolute Gasteiger partial charge is 0.496 e. The molecule has 3 N–H and O–H groups in total. The molecule has 1 heterocycles. The van der Waals surface area contributed by atoms with E-state index in [1.807, 2.05) is 24.3 Å². The molecule has 1 atom stereocenters. The van der Waals surface area contributed by atoms with Crippen LogP contribution in [-0.2, 0) is 16.0 Å². The lowest BCUT2D eigenvalue weighted by Gasteiger charge is -2.33. The van der Waals surface area contributed by atoms with E-state index in [0.29, 0.717) is 48.8 Å². The fraction of sp³-hybridized carbons (Fsp3) is 0.375. The molecule has 0 aliphatic carbocycles. The van der Waals surface area contributed by atoms with Crippen LogP contribution in [0.5, 0.6) is 5.75 Å². The lowest BCUT2D eigenvalue weighted by molar-refractivity contribution is -0.128. The lowest BCUT2D eigenvalue weighted by atomic mass is 10.0. The molecule has 2 aromatic carbocycles. The molecule has 0 radical (unpaired) electrons. The smallest absolute Gasteiger partial charge is 0.321 e. The van der Waals surface area contributed by atoms with Crippen LogP contribution in [0.3, 0.4) is 0 Å². The zero-order valence-corrected chi connectivity index (χ0v) is 19.5. The van der Waals surface area contributed by atoms with Crippen LogP contribution in [0.15, 0.2) is 48.5 Å². The summed E-state index contributed by atoms with van der Waals surface area (Å²) in [7, 11) is 1.57. The third kappa shape index (κ3) is 7.12. The van der Waals surface area contributed by atoms with E-state index >= 15 is 0 Å². The standard InChI is InChI=1S/C24H29ClN4O4/c1-16(30)26-21(14-17-6-3-4-9-22(17)33-2)23(31)27-19-10-12-29(13-11-19)24(32)28-20-8-5-7-18(25)15-20/h3-9,15,19,21H,10-14H2,1-2H3,(H,26,30)(H,27,31)(H,28,32)/t21-/m1/s1. The van der Waals surface area contributed by atoms with Gasteiger partial charge in [0.25, 0.3) is 0 Å². The number of likely N-dealkylation sites (tertiary alicyclic amines) is 1. The molecule has 8 nitrogen and oxygen atoms in total. The van der Waals surface area contributed by atoms with Gasteiger partial charge in [-0.3, -0.25) is 9.59 Å². The first-order valence-electron chi connectivity index (χ1n) is 10.9. The van der Waals surface area contributed by atoms with Gasteiger partial charge in [-0.15, -0.1) is 0 Å². The molecular formula is C24H29ClN4O4. The van der Waals surface area contributed by atoms with Gasteiger partial charge < -0.3 is 25.6 Å². The predicted octanol–water partition coefficient (Wildman–Crippen LogP) is 3.21. The highest BCUT2D eigenvalue weighted by Gasteiger charge is 2.27. The minimum Gasteiger partial charge on any atom is -0.496 e. The number of nitrogens with one attached hydrogen (secondary N) is 3. The minimum absolute atomic E-state index is 0.0818. The van der Waals surface area contributed by atoms with Crippen molar-refractivity contribution in [1.29, 1.82) is 0 Å². The Kier molecular flexibility index (Phi) is 8.54. The molecule has 1 aliphatic heterocycles. The Balaban J connectivity index is 1.54. The summed E-state index contributed by atoms with van der Waals surface area (Å²) in [6.45, 7) is 2.41. The number of urea groups is 1. The van der Waals surface area contributed by atoms with E-state index in [2.05, 4.69) is 16.0 Å². The number of methoxy groups -OCH3 is 1. The van der Waals surface area contributed by atoms with Crippen molar-refractivity contribution in [2.45, 2.75) is 38.3 Å². The predicted molar refractivity (Wildman–Crippen MR) is 128 cm³/mol. The summed E-state index contributed by atoms with van der Waals surface area (Å²) < 4.78 is 5.37. The molecule has 2 aromatic rings. The number of amides is 4. The van der Waals surface area contributed by atoms with Crippen LogP contribution in [0.1, 0.15) is 25.3 Å². The molecule has 1 saturated heterocycles. The van der Waals surface area contributed by atoms with E-state index in [0.717, 1.165) is 5.56 Å². The minimum atomic E-state index is -0.719. The molecule has 0 aromatic heterocycles. The SMILES string of the molecule is COc1ccccc1C[C@@H](NC(C)=O)C(=O)NC1CCN(C(=O)Nc2cccc(Cl)c2)CC1. The molecule has 0 spiro atoms. The first-order valence-corrected chi connectivity index (χ1v) is 11.2. The zero-order chi connectivity index (χ0) is 23.8. The van der Waals surface area contributed by atoms with Gasteiger partial charge in [0.1, 0.15) is 11.8 Å². The van der Waals surface area contributed by atoms with Crippen LogP contribution in [0.4, 0.5) is 10.5 Å². The Bertz CT molecular complexity index is 992. The maximum atomic E-state index is 13.0. The quantitative estimate of drug-likeness (QED) is 0.576. The molecule has 1 aliphatic rings. The van der Waals surface area contributed by atoms with Crippen LogP contribution in [0.2, 0.25) is 5.02 Å².